The third kappa shape index (κ3) is 2.47. The molecule has 2 rings (SSSR count). The molecule has 0 radical (unpaired) electrons. The minimum atomic E-state index is -0.207. The fourth-order valence-electron chi connectivity index (χ4n) is 1.88. The Kier molecular flexibility index (Phi) is 3.84. The van der Waals surface area contributed by atoms with Crippen LogP contribution in [0.1, 0.15) is 5.56 Å². The van der Waals surface area contributed by atoms with Crippen LogP contribution in [-0.2, 0) is 4.74 Å². The summed E-state index contributed by atoms with van der Waals surface area (Å²) in [4.78, 5) is 20.3. The van der Waals surface area contributed by atoms with E-state index in [0.717, 1.165) is 0 Å². The molecule has 1 aliphatic rings. The van der Waals surface area contributed by atoms with E-state index in [1.165, 1.54) is 0 Å². The number of hydrogen-bond acceptors (Lipinski definition) is 4. The Hall–Kier alpha value is -1.59. The maximum Gasteiger partial charge on any atom is 0.273 e. The van der Waals surface area contributed by atoms with Crippen LogP contribution in [0.15, 0.2) is 22.4 Å². The topological polar surface area (TPSA) is 57.7 Å². The largest absolute Gasteiger partial charge is 0.378 e. The molecule has 1 fully saturated rings. The highest BCUT2D eigenvalue weighted by molar-refractivity contribution is 6.48. The molecule has 0 bridgehead atoms. The summed E-state index contributed by atoms with van der Waals surface area (Å²) in [6.07, 6.45) is 0. The van der Waals surface area contributed by atoms with Crippen LogP contribution in [0.2, 0.25) is 0 Å². The van der Waals surface area contributed by atoms with Crippen LogP contribution in [0.25, 0.3) is 5.03 Å². The van der Waals surface area contributed by atoms with E-state index in [1.807, 2.05) is 4.90 Å². The van der Waals surface area contributed by atoms with Crippen LogP contribution in [0.3, 0.4) is 0 Å². The molecular formula is C12H14ClN3O2. The molecule has 0 aromatic carbocycles. The van der Waals surface area contributed by atoms with Crippen molar-refractivity contribution < 1.29 is 4.74 Å². The lowest BCUT2D eigenvalue weighted by molar-refractivity contribution is 0.122. The third-order valence-electron chi connectivity index (χ3n) is 2.80. The van der Waals surface area contributed by atoms with E-state index < -0.39 is 0 Å². The van der Waals surface area contributed by atoms with Crippen molar-refractivity contribution in [3.8, 4) is 0 Å². The number of nitrogens with one attached hydrogen (secondary N) is 1. The van der Waals surface area contributed by atoms with Gasteiger partial charge in [-0.3, -0.25) is 4.79 Å². The first kappa shape index (κ1) is 12.9. The molecule has 1 aromatic heterocycles. The summed E-state index contributed by atoms with van der Waals surface area (Å²) < 4.78 is 5.26. The molecule has 1 aromatic rings. The Bertz CT molecular complexity index is 533. The number of aromatic amines is 1. The van der Waals surface area contributed by atoms with Crippen molar-refractivity contribution >= 4 is 34.9 Å². The number of morpholine rings is 1. The van der Waals surface area contributed by atoms with E-state index in [4.69, 9.17) is 16.3 Å². The van der Waals surface area contributed by atoms with Gasteiger partial charge in [-0.1, -0.05) is 18.2 Å². The maximum absolute atomic E-state index is 12.0. The molecule has 2 heterocycles. The average Bonchev–Trinajstić information content (AvgIpc) is 2.39. The molecule has 0 amide bonds. The summed E-state index contributed by atoms with van der Waals surface area (Å²) in [5.74, 6) is 0.344. The number of rotatable bonds is 3. The molecule has 6 heteroatoms. The number of halogens is 1. The van der Waals surface area contributed by atoms with E-state index in [-0.39, 0.29) is 5.56 Å². The van der Waals surface area contributed by atoms with Crippen LogP contribution >= 0.6 is 11.6 Å². The summed E-state index contributed by atoms with van der Waals surface area (Å²) >= 11 is 5.90. The molecule has 0 spiro atoms. The van der Waals surface area contributed by atoms with Crippen LogP contribution in [0.4, 0.5) is 11.5 Å². The number of nitrogens with zero attached hydrogens (tertiary/aromatic N) is 2. The monoisotopic (exact) mass is 267 g/mol. The fourth-order valence-corrected chi connectivity index (χ4v) is 2.02. The standard InChI is InChI=1S/C12H14ClN3O2/c1-8(13)9-7-10(12(17)15-11(9)14-2)16-3-5-18-6-4-16/h7H,1-6H2,(H,15,17). The zero-order valence-corrected chi connectivity index (χ0v) is 10.7. The Morgan fingerprint density at radius 3 is 2.72 bits per heavy atom. The van der Waals surface area contributed by atoms with Gasteiger partial charge in [0.05, 0.1) is 13.2 Å². The van der Waals surface area contributed by atoms with Crippen molar-refractivity contribution in [2.24, 2.45) is 4.99 Å². The first-order valence-electron chi connectivity index (χ1n) is 5.55. The van der Waals surface area contributed by atoms with E-state index in [0.29, 0.717) is 48.4 Å². The normalized spacial score (nSPS) is 15.5. The molecule has 96 valence electrons. The number of ether oxygens (including phenoxy) is 1. The van der Waals surface area contributed by atoms with Gasteiger partial charge in [0, 0.05) is 23.7 Å². The van der Waals surface area contributed by atoms with Gasteiger partial charge in [0.25, 0.3) is 5.56 Å². The molecular weight excluding hydrogens is 254 g/mol. The Morgan fingerprint density at radius 1 is 1.50 bits per heavy atom. The fraction of sp³-hybridized carbons (Fsp3) is 0.333. The van der Waals surface area contributed by atoms with Gasteiger partial charge < -0.3 is 14.6 Å². The summed E-state index contributed by atoms with van der Waals surface area (Å²) in [7, 11) is 0. The Labute approximate surface area is 110 Å². The Balaban J connectivity index is 2.47. The van der Waals surface area contributed by atoms with Crippen LogP contribution in [0, 0.1) is 0 Å². The van der Waals surface area contributed by atoms with Crippen LogP contribution < -0.4 is 10.5 Å². The van der Waals surface area contributed by atoms with E-state index in [2.05, 4.69) is 23.3 Å². The van der Waals surface area contributed by atoms with E-state index >= 15 is 0 Å². The van der Waals surface area contributed by atoms with Crippen LogP contribution in [-0.4, -0.2) is 38.0 Å². The highest BCUT2D eigenvalue weighted by Crippen LogP contribution is 2.27. The maximum atomic E-state index is 12.0. The summed E-state index contributed by atoms with van der Waals surface area (Å²) in [5.41, 5.74) is 0.941. The minimum Gasteiger partial charge on any atom is -0.378 e. The molecule has 0 unspecified atom stereocenters. The molecule has 1 aliphatic heterocycles. The molecule has 0 saturated carbocycles. The lowest BCUT2D eigenvalue weighted by atomic mass is 10.2. The number of aliphatic imine (C=N–C) groups is 1. The highest BCUT2D eigenvalue weighted by atomic mass is 35.5. The zero-order chi connectivity index (χ0) is 13.1. The molecule has 1 N–H and O–H groups in total. The second-order valence-corrected chi connectivity index (χ2v) is 4.36. The number of H-pyrrole nitrogens is 1. The second kappa shape index (κ2) is 5.37. The van der Waals surface area contributed by atoms with E-state index in [1.54, 1.807) is 6.07 Å². The van der Waals surface area contributed by atoms with Gasteiger partial charge in [-0.25, -0.2) is 4.99 Å². The third-order valence-corrected chi connectivity index (χ3v) is 3.01. The second-order valence-electron chi connectivity index (χ2n) is 3.91. The zero-order valence-electron chi connectivity index (χ0n) is 9.91. The summed E-state index contributed by atoms with van der Waals surface area (Å²) in [5, 5.41) is 0.322. The van der Waals surface area contributed by atoms with Crippen LogP contribution in [0.5, 0.6) is 0 Å². The lowest BCUT2D eigenvalue weighted by Gasteiger charge is -2.28. The summed E-state index contributed by atoms with van der Waals surface area (Å²) in [6, 6.07) is 1.70. The number of anilines is 1. The van der Waals surface area contributed by atoms with E-state index in [9.17, 15) is 4.79 Å². The summed E-state index contributed by atoms with van der Waals surface area (Å²) in [6.45, 7) is 9.64. The van der Waals surface area contributed by atoms with Crippen molar-refractivity contribution in [3.63, 3.8) is 0 Å². The van der Waals surface area contributed by atoms with Gasteiger partial charge in [-0.2, -0.15) is 0 Å². The van der Waals surface area contributed by atoms with Crippen molar-refractivity contribution in [2.75, 3.05) is 31.2 Å². The minimum absolute atomic E-state index is 0.207. The molecule has 0 aliphatic carbocycles. The predicted octanol–water partition coefficient (Wildman–Crippen LogP) is 1.75. The molecule has 1 saturated heterocycles. The molecule has 0 atom stereocenters. The SMILES string of the molecule is C=Nc1[nH]c(=O)c(N2CCOCC2)cc1C(=C)Cl. The van der Waals surface area contributed by atoms with Gasteiger partial charge in [-0.05, 0) is 12.8 Å². The van der Waals surface area contributed by atoms with Crippen molar-refractivity contribution in [3.05, 3.63) is 28.6 Å². The van der Waals surface area contributed by atoms with Gasteiger partial charge in [0.1, 0.15) is 11.5 Å². The van der Waals surface area contributed by atoms with Gasteiger partial charge in [-0.15, -0.1) is 0 Å². The van der Waals surface area contributed by atoms with Gasteiger partial charge in [0.2, 0.25) is 0 Å². The molecule has 18 heavy (non-hydrogen) atoms. The Morgan fingerprint density at radius 2 is 2.17 bits per heavy atom. The number of pyridine rings is 1. The van der Waals surface area contributed by atoms with Gasteiger partial charge >= 0.3 is 0 Å². The average molecular weight is 268 g/mol. The van der Waals surface area contributed by atoms with Crippen molar-refractivity contribution in [1.29, 1.82) is 0 Å². The first-order valence-corrected chi connectivity index (χ1v) is 5.93. The first-order chi connectivity index (χ1) is 8.63. The quantitative estimate of drug-likeness (QED) is 0.849. The molecule has 5 nitrogen and oxygen atoms in total. The number of aromatic nitrogens is 1. The number of hydrogen-bond donors (Lipinski definition) is 1. The predicted molar refractivity (Wildman–Crippen MR) is 74.2 cm³/mol. The highest BCUT2D eigenvalue weighted by Gasteiger charge is 2.17. The van der Waals surface area contributed by atoms with Gasteiger partial charge in [0.15, 0.2) is 0 Å². The smallest absolute Gasteiger partial charge is 0.273 e. The van der Waals surface area contributed by atoms with Crippen molar-refractivity contribution in [1.82, 2.24) is 4.98 Å². The lowest BCUT2D eigenvalue weighted by Crippen LogP contribution is -2.39. The van der Waals surface area contributed by atoms with Crippen molar-refractivity contribution in [2.45, 2.75) is 0 Å².